The predicted octanol–water partition coefficient (Wildman–Crippen LogP) is 4.53. The lowest BCUT2D eigenvalue weighted by Gasteiger charge is -2.30. The van der Waals surface area contributed by atoms with Crippen LogP contribution in [0.1, 0.15) is 58.2 Å². The first-order valence-electron chi connectivity index (χ1n) is 8.24. The molecule has 1 aromatic rings. The summed E-state index contributed by atoms with van der Waals surface area (Å²) in [6.07, 6.45) is 0. The molecule has 0 atom stereocenters. The minimum atomic E-state index is 0. The molecule has 1 fully saturated rings. The molecule has 134 valence electrons. The van der Waals surface area contributed by atoms with Gasteiger partial charge in [-0.05, 0) is 27.5 Å². The molecule has 1 aliphatic heterocycles. The molecule has 4 heteroatoms. The van der Waals surface area contributed by atoms with Crippen molar-refractivity contribution in [3.8, 4) is 0 Å². The van der Waals surface area contributed by atoms with Crippen molar-refractivity contribution in [1.29, 1.82) is 0 Å². The van der Waals surface area contributed by atoms with Crippen molar-refractivity contribution < 1.29 is 0 Å². The van der Waals surface area contributed by atoms with Crippen LogP contribution in [0.4, 0.5) is 0 Å². The Kier molecular flexibility index (Phi) is 8.60. The molecule has 2 rings (SSSR count). The SMILES string of the molecule is CC(C)(C)c1cc(CN2CCNCC2)cc(C(C)(C)C)c1.Cl.Cl. The van der Waals surface area contributed by atoms with E-state index in [1.165, 1.54) is 16.7 Å². The Bertz CT molecular complexity index is 449. The molecule has 0 spiro atoms. The Labute approximate surface area is 155 Å². The third kappa shape index (κ3) is 6.62. The molecule has 2 nitrogen and oxygen atoms in total. The number of benzene rings is 1. The first-order valence-corrected chi connectivity index (χ1v) is 8.24. The summed E-state index contributed by atoms with van der Waals surface area (Å²) in [5.74, 6) is 0. The largest absolute Gasteiger partial charge is 0.314 e. The zero-order valence-electron chi connectivity index (χ0n) is 15.5. The van der Waals surface area contributed by atoms with Gasteiger partial charge in [0.1, 0.15) is 0 Å². The van der Waals surface area contributed by atoms with Crippen LogP contribution < -0.4 is 5.32 Å². The molecule has 0 aliphatic carbocycles. The van der Waals surface area contributed by atoms with Gasteiger partial charge in [0.15, 0.2) is 0 Å². The van der Waals surface area contributed by atoms with Crippen LogP contribution in [0.15, 0.2) is 18.2 Å². The van der Waals surface area contributed by atoms with Crippen molar-refractivity contribution in [2.24, 2.45) is 0 Å². The van der Waals surface area contributed by atoms with Gasteiger partial charge < -0.3 is 5.32 Å². The summed E-state index contributed by atoms with van der Waals surface area (Å²) >= 11 is 0. The van der Waals surface area contributed by atoms with Crippen LogP contribution in [0.5, 0.6) is 0 Å². The topological polar surface area (TPSA) is 15.3 Å². The Morgan fingerprint density at radius 1 is 0.826 bits per heavy atom. The Morgan fingerprint density at radius 2 is 1.26 bits per heavy atom. The van der Waals surface area contributed by atoms with Gasteiger partial charge in [0, 0.05) is 32.7 Å². The molecular weight excluding hydrogens is 327 g/mol. The standard InChI is InChI=1S/C19H32N2.2ClH/c1-18(2,3)16-11-15(12-17(13-16)19(4,5)6)14-21-9-7-20-8-10-21;;/h11-13,20H,7-10,14H2,1-6H3;2*1H. The maximum atomic E-state index is 3.43. The number of rotatable bonds is 2. The highest BCUT2D eigenvalue weighted by Gasteiger charge is 2.21. The van der Waals surface area contributed by atoms with Crippen LogP contribution in [-0.2, 0) is 17.4 Å². The van der Waals surface area contributed by atoms with E-state index >= 15 is 0 Å². The number of halogens is 2. The lowest BCUT2D eigenvalue weighted by atomic mass is 9.79. The lowest BCUT2D eigenvalue weighted by molar-refractivity contribution is 0.233. The summed E-state index contributed by atoms with van der Waals surface area (Å²) in [6.45, 7) is 19.5. The second-order valence-corrected chi connectivity index (χ2v) is 8.44. The molecule has 0 radical (unpaired) electrons. The lowest BCUT2D eigenvalue weighted by Crippen LogP contribution is -2.42. The molecule has 1 N–H and O–H groups in total. The molecule has 23 heavy (non-hydrogen) atoms. The van der Waals surface area contributed by atoms with E-state index < -0.39 is 0 Å². The third-order valence-electron chi connectivity index (χ3n) is 4.34. The van der Waals surface area contributed by atoms with E-state index in [2.05, 4.69) is 70.0 Å². The zero-order chi connectivity index (χ0) is 15.7. The number of piperazine rings is 1. The van der Waals surface area contributed by atoms with Gasteiger partial charge in [0.25, 0.3) is 0 Å². The van der Waals surface area contributed by atoms with Crippen LogP contribution in [-0.4, -0.2) is 31.1 Å². The van der Waals surface area contributed by atoms with Crippen LogP contribution >= 0.6 is 24.8 Å². The van der Waals surface area contributed by atoms with Gasteiger partial charge in [-0.25, -0.2) is 0 Å². The highest BCUT2D eigenvalue weighted by Crippen LogP contribution is 2.30. The molecule has 0 amide bonds. The average Bonchev–Trinajstić information content (AvgIpc) is 2.37. The molecular formula is C19H34Cl2N2. The maximum Gasteiger partial charge on any atom is 0.0235 e. The average molecular weight is 361 g/mol. The minimum absolute atomic E-state index is 0. The summed E-state index contributed by atoms with van der Waals surface area (Å²) < 4.78 is 0. The fourth-order valence-corrected chi connectivity index (χ4v) is 2.78. The highest BCUT2D eigenvalue weighted by atomic mass is 35.5. The second kappa shape index (κ2) is 8.71. The first-order chi connectivity index (χ1) is 9.66. The van der Waals surface area contributed by atoms with Gasteiger partial charge in [-0.1, -0.05) is 59.7 Å². The quantitative estimate of drug-likeness (QED) is 0.833. The highest BCUT2D eigenvalue weighted by molar-refractivity contribution is 5.85. The van der Waals surface area contributed by atoms with Crippen LogP contribution in [0.25, 0.3) is 0 Å². The van der Waals surface area contributed by atoms with Crippen molar-refractivity contribution >= 4 is 24.8 Å². The van der Waals surface area contributed by atoms with Crippen molar-refractivity contribution in [2.75, 3.05) is 26.2 Å². The summed E-state index contributed by atoms with van der Waals surface area (Å²) in [5.41, 5.74) is 4.80. The smallest absolute Gasteiger partial charge is 0.0235 e. The fraction of sp³-hybridized carbons (Fsp3) is 0.684. The Balaban J connectivity index is 0.00000242. The normalized spacial score (nSPS) is 16.4. The molecule has 1 heterocycles. The van der Waals surface area contributed by atoms with Gasteiger partial charge in [-0.2, -0.15) is 0 Å². The number of hydrogen-bond donors (Lipinski definition) is 1. The van der Waals surface area contributed by atoms with E-state index in [0.717, 1.165) is 32.7 Å². The Morgan fingerprint density at radius 3 is 1.65 bits per heavy atom. The summed E-state index contributed by atoms with van der Waals surface area (Å²) in [4.78, 5) is 2.56. The molecule has 0 saturated carbocycles. The molecule has 1 aliphatic rings. The minimum Gasteiger partial charge on any atom is -0.314 e. The predicted molar refractivity (Wildman–Crippen MR) is 106 cm³/mol. The van der Waals surface area contributed by atoms with E-state index in [1.54, 1.807) is 0 Å². The van der Waals surface area contributed by atoms with Gasteiger partial charge in [-0.15, -0.1) is 24.8 Å². The monoisotopic (exact) mass is 360 g/mol. The van der Waals surface area contributed by atoms with E-state index in [9.17, 15) is 0 Å². The number of hydrogen-bond acceptors (Lipinski definition) is 2. The van der Waals surface area contributed by atoms with Crippen molar-refractivity contribution in [1.82, 2.24) is 10.2 Å². The van der Waals surface area contributed by atoms with Crippen LogP contribution in [0, 0.1) is 0 Å². The van der Waals surface area contributed by atoms with Crippen LogP contribution in [0.2, 0.25) is 0 Å². The van der Waals surface area contributed by atoms with Gasteiger partial charge in [0.2, 0.25) is 0 Å². The molecule has 1 aromatic carbocycles. The molecule has 0 unspecified atom stereocenters. The summed E-state index contributed by atoms with van der Waals surface area (Å²) in [5, 5.41) is 3.43. The van der Waals surface area contributed by atoms with E-state index in [4.69, 9.17) is 0 Å². The third-order valence-corrected chi connectivity index (χ3v) is 4.34. The van der Waals surface area contributed by atoms with Gasteiger partial charge >= 0.3 is 0 Å². The van der Waals surface area contributed by atoms with Gasteiger partial charge in [0.05, 0.1) is 0 Å². The zero-order valence-corrected chi connectivity index (χ0v) is 17.2. The number of nitrogens with zero attached hydrogens (tertiary/aromatic N) is 1. The fourth-order valence-electron chi connectivity index (χ4n) is 2.78. The Hall–Kier alpha value is -0.280. The second-order valence-electron chi connectivity index (χ2n) is 8.44. The van der Waals surface area contributed by atoms with E-state index in [0.29, 0.717) is 0 Å². The van der Waals surface area contributed by atoms with E-state index in [1.807, 2.05) is 0 Å². The molecule has 0 bridgehead atoms. The van der Waals surface area contributed by atoms with Gasteiger partial charge in [-0.3, -0.25) is 4.90 Å². The van der Waals surface area contributed by atoms with Crippen LogP contribution in [0.3, 0.4) is 0 Å². The summed E-state index contributed by atoms with van der Waals surface area (Å²) in [6, 6.07) is 7.23. The molecule has 0 aromatic heterocycles. The molecule has 1 saturated heterocycles. The summed E-state index contributed by atoms with van der Waals surface area (Å²) in [7, 11) is 0. The van der Waals surface area contributed by atoms with Crippen molar-refractivity contribution in [3.05, 3.63) is 34.9 Å². The van der Waals surface area contributed by atoms with Crippen molar-refractivity contribution in [2.45, 2.75) is 58.9 Å². The maximum absolute atomic E-state index is 3.43. The van der Waals surface area contributed by atoms with E-state index in [-0.39, 0.29) is 35.6 Å². The van der Waals surface area contributed by atoms with Crippen molar-refractivity contribution in [3.63, 3.8) is 0 Å². The first kappa shape index (κ1) is 22.7. The number of nitrogens with one attached hydrogen (secondary N) is 1.